The summed E-state index contributed by atoms with van der Waals surface area (Å²) in [7, 11) is -2.25. The van der Waals surface area contributed by atoms with Crippen molar-refractivity contribution in [1.29, 1.82) is 0 Å². The summed E-state index contributed by atoms with van der Waals surface area (Å²) >= 11 is 12.8. The zero-order valence-corrected chi connectivity index (χ0v) is 30.4. The minimum atomic E-state index is -3.63. The smallest absolute Gasteiger partial charge is 0.387 e. The van der Waals surface area contributed by atoms with Crippen LogP contribution in [0.1, 0.15) is 46.0 Å². The van der Waals surface area contributed by atoms with Crippen molar-refractivity contribution >= 4 is 39.2 Å². The first kappa shape index (κ1) is 38.8. The average molecular weight is 775 g/mol. The van der Waals surface area contributed by atoms with Crippen LogP contribution in [0.2, 0.25) is 10.0 Å². The van der Waals surface area contributed by atoms with Crippen molar-refractivity contribution in [3.05, 3.63) is 86.3 Å². The number of aromatic nitrogens is 1. The third-order valence-electron chi connectivity index (χ3n) is 8.50. The van der Waals surface area contributed by atoms with E-state index >= 15 is 0 Å². The molecule has 0 N–H and O–H groups in total. The average Bonchev–Trinajstić information content (AvgIpc) is 3.91. The van der Waals surface area contributed by atoms with Crippen LogP contribution < -0.4 is 18.9 Å². The van der Waals surface area contributed by atoms with E-state index in [4.69, 9.17) is 42.1 Å². The quantitative estimate of drug-likeness (QED) is 0.102. The number of pyridine rings is 1. The van der Waals surface area contributed by atoms with E-state index in [0.29, 0.717) is 60.2 Å². The largest absolute Gasteiger partial charge is 0.619 e. The highest BCUT2D eigenvalue weighted by Crippen LogP contribution is 2.38. The van der Waals surface area contributed by atoms with Gasteiger partial charge in [0.1, 0.15) is 27.5 Å². The van der Waals surface area contributed by atoms with Crippen LogP contribution in [0.25, 0.3) is 0 Å². The minimum absolute atomic E-state index is 0.00662. The van der Waals surface area contributed by atoms with Gasteiger partial charge in [-0.05, 0) is 54.2 Å². The Bertz CT molecular complexity index is 1770. The number of carbonyl (C=O) groups excluding carboxylic acids is 1. The van der Waals surface area contributed by atoms with Gasteiger partial charge in [0.25, 0.3) is 0 Å². The summed E-state index contributed by atoms with van der Waals surface area (Å²) in [4.78, 5) is 16.1. The number of sulfonamides is 1. The number of hydrogen-bond donors (Lipinski definition) is 0. The van der Waals surface area contributed by atoms with Gasteiger partial charge in [0.2, 0.25) is 10.0 Å². The predicted octanol–water partition coefficient (Wildman–Crippen LogP) is 5.26. The number of halogens is 4. The Balaban J connectivity index is 1.45. The molecule has 3 aromatic rings. The van der Waals surface area contributed by atoms with Crippen LogP contribution in [-0.2, 0) is 32.5 Å². The lowest BCUT2D eigenvalue weighted by atomic mass is 10.0. The van der Waals surface area contributed by atoms with Gasteiger partial charge < -0.3 is 28.9 Å². The Morgan fingerprint density at radius 2 is 1.76 bits per heavy atom. The number of esters is 1. The van der Waals surface area contributed by atoms with E-state index in [0.717, 1.165) is 31.5 Å². The summed E-state index contributed by atoms with van der Waals surface area (Å²) < 4.78 is 81.3. The number of morpholine rings is 1. The van der Waals surface area contributed by atoms with Crippen molar-refractivity contribution in [2.75, 3.05) is 59.4 Å². The van der Waals surface area contributed by atoms with Gasteiger partial charge in [0, 0.05) is 44.7 Å². The molecule has 51 heavy (non-hydrogen) atoms. The molecule has 0 unspecified atom stereocenters. The van der Waals surface area contributed by atoms with Gasteiger partial charge in [-0.1, -0.05) is 35.3 Å². The summed E-state index contributed by atoms with van der Waals surface area (Å²) in [5.74, 6) is -0.547. The van der Waals surface area contributed by atoms with Crippen LogP contribution in [0.5, 0.6) is 17.2 Å². The van der Waals surface area contributed by atoms with Crippen molar-refractivity contribution in [1.82, 2.24) is 9.21 Å². The van der Waals surface area contributed by atoms with E-state index in [1.165, 1.54) is 35.7 Å². The molecule has 5 rings (SSSR count). The molecule has 0 bridgehead atoms. The van der Waals surface area contributed by atoms with Gasteiger partial charge in [-0.15, -0.1) is 0 Å². The lowest BCUT2D eigenvalue weighted by Gasteiger charge is -2.29. The molecule has 1 atom stereocenters. The van der Waals surface area contributed by atoms with Crippen LogP contribution in [0.15, 0.2) is 48.8 Å². The lowest BCUT2D eigenvalue weighted by Crippen LogP contribution is -2.42. The maximum atomic E-state index is 14.0. The number of hydrogen-bond acceptors (Lipinski definition) is 10. The third-order valence-corrected chi connectivity index (χ3v) is 10.4. The first-order chi connectivity index (χ1) is 24.3. The SMILES string of the molecule is COc1ccc(CN(CCN2CCOCC2)S(C)(=O)=O)cc1C(=O)O[C@@H](Cc1c(Cl)c[n+]([O-])cc1Cl)c1ccc(OC(F)F)c(OCC2CC2)c1. The van der Waals surface area contributed by atoms with E-state index in [1.807, 2.05) is 0 Å². The number of rotatable bonds is 17. The predicted molar refractivity (Wildman–Crippen MR) is 184 cm³/mol. The normalized spacial score (nSPS) is 15.9. The minimum Gasteiger partial charge on any atom is -0.619 e. The molecule has 0 amide bonds. The van der Waals surface area contributed by atoms with Gasteiger partial charge in [0.05, 0.1) is 33.2 Å². The fraction of sp³-hybridized carbons (Fsp3) is 0.471. The van der Waals surface area contributed by atoms with Crippen molar-refractivity contribution in [3.8, 4) is 17.2 Å². The maximum Gasteiger partial charge on any atom is 0.387 e. The highest BCUT2D eigenvalue weighted by Gasteiger charge is 2.28. The van der Waals surface area contributed by atoms with Crippen molar-refractivity contribution in [3.63, 3.8) is 0 Å². The van der Waals surface area contributed by atoms with Gasteiger partial charge in [-0.2, -0.15) is 17.8 Å². The molecule has 17 heteroatoms. The highest BCUT2D eigenvalue weighted by atomic mass is 35.5. The maximum absolute atomic E-state index is 14.0. The molecule has 1 aromatic heterocycles. The molecule has 1 saturated heterocycles. The third kappa shape index (κ3) is 11.0. The Labute approximate surface area is 305 Å². The molecule has 1 aliphatic carbocycles. The van der Waals surface area contributed by atoms with E-state index in [2.05, 4.69) is 9.64 Å². The molecular formula is C34H39Cl2F2N3O9S. The van der Waals surface area contributed by atoms with Crippen LogP contribution in [0.3, 0.4) is 0 Å². The highest BCUT2D eigenvalue weighted by molar-refractivity contribution is 7.88. The van der Waals surface area contributed by atoms with Gasteiger partial charge >= 0.3 is 12.6 Å². The molecule has 2 fully saturated rings. The first-order valence-electron chi connectivity index (χ1n) is 16.2. The zero-order valence-electron chi connectivity index (χ0n) is 28.1. The van der Waals surface area contributed by atoms with Crippen LogP contribution in [-0.4, -0.2) is 89.6 Å². The van der Waals surface area contributed by atoms with Crippen molar-refractivity contribution < 1.29 is 50.4 Å². The van der Waals surface area contributed by atoms with E-state index in [1.54, 1.807) is 12.1 Å². The van der Waals surface area contributed by atoms with Crippen LogP contribution in [0.4, 0.5) is 8.78 Å². The molecular weight excluding hydrogens is 735 g/mol. The summed E-state index contributed by atoms with van der Waals surface area (Å²) in [6, 6.07) is 8.89. The number of ether oxygens (including phenoxy) is 5. The molecule has 12 nitrogen and oxygen atoms in total. The standard InChI is InChI=1S/C34H39Cl2F2N3O9S/c1-46-29-7-5-23(18-41(51(2,44)45)10-9-39-11-13-47-14-12-39)15-26(29)33(42)49-31(17-25-27(35)19-40(43)20-28(25)36)24-6-8-30(50-34(37)38)32(16-24)48-21-22-3-4-22/h5-8,15-16,19-20,22,31,34H,3-4,9-14,17-18,21H2,1-2H3/t31-/m0/s1. The Morgan fingerprint density at radius 3 is 2.39 bits per heavy atom. The van der Waals surface area contributed by atoms with Gasteiger partial charge in [-0.25, -0.2) is 13.2 Å². The van der Waals surface area contributed by atoms with Crippen LogP contribution >= 0.6 is 23.2 Å². The second kappa shape index (κ2) is 17.4. The summed E-state index contributed by atoms with van der Waals surface area (Å²) in [6.45, 7) is 0.446. The zero-order chi connectivity index (χ0) is 36.7. The van der Waals surface area contributed by atoms with Gasteiger partial charge in [-0.3, -0.25) is 4.90 Å². The fourth-order valence-corrected chi connectivity index (χ4v) is 6.91. The molecule has 2 heterocycles. The number of carbonyl (C=O) groups is 1. The van der Waals surface area contributed by atoms with Crippen LogP contribution in [0, 0.1) is 11.1 Å². The molecule has 2 aliphatic rings. The second-order valence-corrected chi connectivity index (χ2v) is 15.1. The molecule has 1 saturated carbocycles. The number of methoxy groups -OCH3 is 1. The molecule has 0 radical (unpaired) electrons. The number of nitrogens with zero attached hydrogens (tertiary/aromatic N) is 3. The lowest BCUT2D eigenvalue weighted by molar-refractivity contribution is -0.605. The van der Waals surface area contributed by atoms with Crippen molar-refractivity contribution in [2.45, 2.75) is 38.5 Å². The monoisotopic (exact) mass is 773 g/mol. The Hall–Kier alpha value is -3.47. The fourth-order valence-electron chi connectivity index (χ4n) is 5.51. The van der Waals surface area contributed by atoms with E-state index in [-0.39, 0.29) is 59.0 Å². The molecule has 0 spiro atoms. The first-order valence-corrected chi connectivity index (χ1v) is 18.8. The van der Waals surface area contributed by atoms with E-state index in [9.17, 15) is 27.2 Å². The Morgan fingerprint density at radius 1 is 1.08 bits per heavy atom. The summed E-state index contributed by atoms with van der Waals surface area (Å²) in [5, 5.41) is 12.0. The summed E-state index contributed by atoms with van der Waals surface area (Å²) in [5.41, 5.74) is 1.14. The molecule has 1 aliphatic heterocycles. The summed E-state index contributed by atoms with van der Waals surface area (Å²) in [6.07, 6.45) is 3.98. The second-order valence-electron chi connectivity index (χ2n) is 12.3. The van der Waals surface area contributed by atoms with E-state index < -0.39 is 28.7 Å². The number of benzene rings is 2. The molecule has 2 aromatic carbocycles. The number of alkyl halides is 2. The van der Waals surface area contributed by atoms with Gasteiger partial charge in [0.15, 0.2) is 23.9 Å². The molecule has 278 valence electrons. The van der Waals surface area contributed by atoms with Crippen molar-refractivity contribution in [2.24, 2.45) is 5.92 Å². The topological polar surface area (TPSA) is 131 Å². The Kier molecular flexibility index (Phi) is 13.2.